The van der Waals surface area contributed by atoms with Crippen molar-refractivity contribution in [2.45, 2.75) is 6.92 Å². The lowest BCUT2D eigenvalue weighted by Gasteiger charge is -2.09. The average molecular weight is 254 g/mol. The van der Waals surface area contributed by atoms with Crippen LogP contribution in [0.4, 0.5) is 11.4 Å². The van der Waals surface area contributed by atoms with Crippen LogP contribution in [0.25, 0.3) is 0 Å². The van der Waals surface area contributed by atoms with Crippen molar-refractivity contribution in [1.82, 2.24) is 0 Å². The molecule has 0 fully saturated rings. The monoisotopic (exact) mass is 254 g/mol. The van der Waals surface area contributed by atoms with E-state index in [1.165, 1.54) is 6.92 Å². The van der Waals surface area contributed by atoms with Crippen molar-refractivity contribution in [3.05, 3.63) is 59.7 Å². The van der Waals surface area contributed by atoms with Gasteiger partial charge >= 0.3 is 0 Å². The maximum absolute atomic E-state index is 12.1. The Morgan fingerprint density at radius 1 is 1.05 bits per heavy atom. The van der Waals surface area contributed by atoms with E-state index < -0.39 is 0 Å². The molecule has 96 valence electrons. The summed E-state index contributed by atoms with van der Waals surface area (Å²) in [4.78, 5) is 23.5. The molecule has 0 unspecified atom stereocenters. The number of hydrogen-bond donors (Lipinski definition) is 2. The summed E-state index contributed by atoms with van der Waals surface area (Å²) in [5.74, 6) is -0.385. The molecule has 2 rings (SSSR count). The molecule has 0 heterocycles. The molecule has 0 saturated carbocycles. The third kappa shape index (κ3) is 2.98. The number of para-hydroxylation sites is 1. The molecule has 4 nitrogen and oxygen atoms in total. The number of Topliss-reactive ketones (excluding diaryl/α,β-unsaturated/α-hetero) is 1. The summed E-state index contributed by atoms with van der Waals surface area (Å²) >= 11 is 0. The zero-order valence-corrected chi connectivity index (χ0v) is 10.5. The summed E-state index contributed by atoms with van der Waals surface area (Å²) in [7, 11) is 0. The fraction of sp³-hybridized carbons (Fsp3) is 0.0667. The van der Waals surface area contributed by atoms with Crippen molar-refractivity contribution in [2.75, 3.05) is 11.1 Å². The zero-order valence-electron chi connectivity index (χ0n) is 10.5. The molecule has 0 radical (unpaired) electrons. The zero-order chi connectivity index (χ0) is 13.8. The molecule has 0 spiro atoms. The number of nitrogens with one attached hydrogen (secondary N) is 1. The molecule has 3 N–H and O–H groups in total. The van der Waals surface area contributed by atoms with Crippen molar-refractivity contribution in [3.8, 4) is 0 Å². The van der Waals surface area contributed by atoms with Gasteiger partial charge in [-0.2, -0.15) is 0 Å². The van der Waals surface area contributed by atoms with E-state index in [-0.39, 0.29) is 11.7 Å². The van der Waals surface area contributed by atoms with Crippen LogP contribution in [0.3, 0.4) is 0 Å². The number of amides is 1. The van der Waals surface area contributed by atoms with E-state index in [9.17, 15) is 9.59 Å². The fourth-order valence-corrected chi connectivity index (χ4v) is 1.77. The minimum absolute atomic E-state index is 0.0940. The second kappa shape index (κ2) is 5.35. The van der Waals surface area contributed by atoms with Gasteiger partial charge in [-0.1, -0.05) is 18.2 Å². The van der Waals surface area contributed by atoms with Crippen molar-refractivity contribution < 1.29 is 9.59 Å². The van der Waals surface area contributed by atoms with E-state index in [1.807, 2.05) is 0 Å². The molecule has 0 saturated heterocycles. The summed E-state index contributed by atoms with van der Waals surface area (Å²) in [5.41, 5.74) is 7.60. The van der Waals surface area contributed by atoms with Crippen LogP contribution in [0, 0.1) is 0 Å². The van der Waals surface area contributed by atoms with Crippen LogP contribution < -0.4 is 11.1 Å². The van der Waals surface area contributed by atoms with Crippen molar-refractivity contribution >= 4 is 23.1 Å². The first-order valence-electron chi connectivity index (χ1n) is 5.85. The smallest absolute Gasteiger partial charge is 0.255 e. The first kappa shape index (κ1) is 12.8. The molecule has 0 aromatic heterocycles. The average Bonchev–Trinajstić information content (AvgIpc) is 2.39. The number of carbonyl (C=O) groups is 2. The van der Waals surface area contributed by atoms with Crippen LogP contribution in [0.2, 0.25) is 0 Å². The molecule has 0 aliphatic heterocycles. The number of benzene rings is 2. The molecule has 0 aliphatic rings. The predicted molar refractivity (Wildman–Crippen MR) is 75.3 cm³/mol. The summed E-state index contributed by atoms with van der Waals surface area (Å²) < 4.78 is 0. The molecule has 0 aliphatic carbocycles. The maximum atomic E-state index is 12.1. The van der Waals surface area contributed by atoms with Crippen molar-refractivity contribution in [3.63, 3.8) is 0 Å². The number of ketones is 1. The Kier molecular flexibility index (Phi) is 3.61. The minimum Gasteiger partial charge on any atom is -0.399 e. The first-order chi connectivity index (χ1) is 9.08. The van der Waals surface area contributed by atoms with E-state index in [0.717, 1.165) is 0 Å². The Hall–Kier alpha value is -2.62. The van der Waals surface area contributed by atoms with Crippen LogP contribution in [0.15, 0.2) is 48.5 Å². The number of nitrogen functional groups attached to an aromatic ring is 1. The number of rotatable bonds is 3. The molecular formula is C15H14N2O2. The third-order valence-electron chi connectivity index (χ3n) is 2.70. The van der Waals surface area contributed by atoms with E-state index in [0.29, 0.717) is 22.5 Å². The third-order valence-corrected chi connectivity index (χ3v) is 2.70. The predicted octanol–water partition coefficient (Wildman–Crippen LogP) is 2.72. The first-order valence-corrected chi connectivity index (χ1v) is 5.85. The highest BCUT2D eigenvalue weighted by Crippen LogP contribution is 2.17. The molecule has 0 bridgehead atoms. The van der Waals surface area contributed by atoms with Gasteiger partial charge in [0, 0.05) is 16.8 Å². The molecule has 1 amide bonds. The van der Waals surface area contributed by atoms with Gasteiger partial charge < -0.3 is 11.1 Å². The highest BCUT2D eigenvalue weighted by Gasteiger charge is 2.11. The molecule has 2 aromatic carbocycles. The molecular weight excluding hydrogens is 240 g/mol. The Balaban J connectivity index is 2.27. The maximum Gasteiger partial charge on any atom is 0.255 e. The normalized spacial score (nSPS) is 9.95. The standard InChI is InChI=1S/C15H14N2O2/c1-10(18)13-7-2-3-8-14(13)17-15(19)11-5-4-6-12(16)9-11/h2-9H,16H2,1H3,(H,17,19). The summed E-state index contributed by atoms with van der Waals surface area (Å²) in [6, 6.07) is 13.6. The van der Waals surface area contributed by atoms with Crippen LogP contribution in [-0.4, -0.2) is 11.7 Å². The molecule has 4 heteroatoms. The Morgan fingerprint density at radius 3 is 2.47 bits per heavy atom. The van der Waals surface area contributed by atoms with Gasteiger partial charge in [0.1, 0.15) is 0 Å². The van der Waals surface area contributed by atoms with Crippen LogP contribution in [-0.2, 0) is 0 Å². The van der Waals surface area contributed by atoms with Gasteiger partial charge in [-0.05, 0) is 37.3 Å². The minimum atomic E-state index is -0.291. The Labute approximate surface area is 111 Å². The summed E-state index contributed by atoms with van der Waals surface area (Å²) in [6.07, 6.45) is 0. The highest BCUT2D eigenvalue weighted by molar-refractivity contribution is 6.09. The van der Waals surface area contributed by atoms with Gasteiger partial charge in [0.2, 0.25) is 0 Å². The quantitative estimate of drug-likeness (QED) is 0.653. The number of anilines is 2. The molecule has 2 aromatic rings. The fourth-order valence-electron chi connectivity index (χ4n) is 1.77. The van der Waals surface area contributed by atoms with Gasteiger partial charge in [-0.3, -0.25) is 9.59 Å². The lowest BCUT2D eigenvalue weighted by Crippen LogP contribution is -2.14. The van der Waals surface area contributed by atoms with Crippen LogP contribution in [0.5, 0.6) is 0 Å². The number of hydrogen-bond acceptors (Lipinski definition) is 3. The Bertz CT molecular complexity index is 636. The lowest BCUT2D eigenvalue weighted by atomic mass is 10.1. The molecule has 19 heavy (non-hydrogen) atoms. The Morgan fingerprint density at radius 2 is 1.79 bits per heavy atom. The number of carbonyl (C=O) groups excluding carboxylic acids is 2. The topological polar surface area (TPSA) is 72.2 Å². The van der Waals surface area contributed by atoms with Crippen LogP contribution in [0.1, 0.15) is 27.6 Å². The van der Waals surface area contributed by atoms with E-state index in [2.05, 4.69) is 5.32 Å². The van der Waals surface area contributed by atoms with Gasteiger partial charge in [0.15, 0.2) is 5.78 Å². The van der Waals surface area contributed by atoms with Crippen molar-refractivity contribution in [2.24, 2.45) is 0 Å². The number of nitrogens with two attached hydrogens (primary N) is 1. The van der Waals surface area contributed by atoms with Gasteiger partial charge in [-0.15, -0.1) is 0 Å². The van der Waals surface area contributed by atoms with E-state index in [4.69, 9.17) is 5.73 Å². The lowest BCUT2D eigenvalue weighted by molar-refractivity contribution is 0.101. The van der Waals surface area contributed by atoms with E-state index in [1.54, 1.807) is 48.5 Å². The van der Waals surface area contributed by atoms with E-state index >= 15 is 0 Å². The van der Waals surface area contributed by atoms with Gasteiger partial charge in [-0.25, -0.2) is 0 Å². The second-order valence-corrected chi connectivity index (χ2v) is 4.18. The highest BCUT2D eigenvalue weighted by atomic mass is 16.1. The largest absolute Gasteiger partial charge is 0.399 e. The van der Waals surface area contributed by atoms with Crippen molar-refractivity contribution in [1.29, 1.82) is 0 Å². The summed E-state index contributed by atoms with van der Waals surface area (Å²) in [6.45, 7) is 1.46. The second-order valence-electron chi connectivity index (χ2n) is 4.18. The van der Waals surface area contributed by atoms with Crippen LogP contribution >= 0.6 is 0 Å². The van der Waals surface area contributed by atoms with Gasteiger partial charge in [0.05, 0.1) is 5.69 Å². The molecule has 0 atom stereocenters. The van der Waals surface area contributed by atoms with Gasteiger partial charge in [0.25, 0.3) is 5.91 Å². The summed E-state index contributed by atoms with van der Waals surface area (Å²) in [5, 5.41) is 2.72. The SMILES string of the molecule is CC(=O)c1ccccc1NC(=O)c1cccc(N)c1.